The first kappa shape index (κ1) is 24.2. The molecule has 1 aromatic carbocycles. The Bertz CT molecular complexity index is 556. The topological polar surface area (TPSA) is 127 Å². The van der Waals surface area contributed by atoms with E-state index in [0.717, 1.165) is 6.42 Å². The molecule has 0 saturated carbocycles. The van der Waals surface area contributed by atoms with Crippen LogP contribution in [0.25, 0.3) is 0 Å². The number of rotatable bonds is 5. The molecule has 0 aliphatic rings. The zero-order valence-corrected chi connectivity index (χ0v) is 15.2. The van der Waals surface area contributed by atoms with Crippen molar-refractivity contribution < 1.29 is 28.3 Å². The van der Waals surface area contributed by atoms with E-state index in [2.05, 4.69) is 5.32 Å². The maximum absolute atomic E-state index is 10.2. The monoisotopic (exact) mass is 371 g/mol. The Kier molecular flexibility index (Phi) is 11.2. The van der Waals surface area contributed by atoms with E-state index in [1.807, 2.05) is 20.8 Å². The van der Waals surface area contributed by atoms with Gasteiger partial charge in [0.15, 0.2) is 11.5 Å². The molecule has 136 valence electrons. The molecule has 0 aliphatic carbocycles. The van der Waals surface area contributed by atoms with Crippen LogP contribution in [0, 0.1) is 0 Å². The van der Waals surface area contributed by atoms with Gasteiger partial charge in [0.25, 0.3) is 10.1 Å². The van der Waals surface area contributed by atoms with Crippen LogP contribution in [0.1, 0.15) is 38.9 Å². The Morgan fingerprint density at radius 1 is 1.17 bits per heavy atom. The molecule has 0 spiro atoms. The lowest BCUT2D eigenvalue weighted by molar-refractivity contribution is 0.121. The summed E-state index contributed by atoms with van der Waals surface area (Å²) in [5.74, 6) is -0.383. The molecular formula is C14H26ClNO6S. The van der Waals surface area contributed by atoms with Crippen molar-refractivity contribution >= 4 is 22.5 Å². The summed E-state index contributed by atoms with van der Waals surface area (Å²) < 4.78 is 25.9. The van der Waals surface area contributed by atoms with Gasteiger partial charge >= 0.3 is 0 Å². The molecule has 1 rings (SSSR count). The first-order chi connectivity index (χ1) is 9.95. The van der Waals surface area contributed by atoms with Gasteiger partial charge in [-0.15, -0.1) is 12.4 Å². The highest BCUT2D eigenvalue weighted by molar-refractivity contribution is 7.85. The second-order valence-electron chi connectivity index (χ2n) is 5.26. The van der Waals surface area contributed by atoms with E-state index in [1.165, 1.54) is 12.1 Å². The minimum absolute atomic E-state index is 0. The largest absolute Gasteiger partial charge is 0.504 e. The summed E-state index contributed by atoms with van der Waals surface area (Å²) in [6, 6.07) is 4.60. The Hall–Kier alpha value is -1.06. The SMILES string of the molecule is CCC(NC(C)C)C(O)c1ccc(O)c(O)c1.CS(=O)(=O)O.Cl. The number of aromatic hydroxyl groups is 2. The Morgan fingerprint density at radius 2 is 1.65 bits per heavy atom. The molecule has 23 heavy (non-hydrogen) atoms. The zero-order valence-electron chi connectivity index (χ0n) is 13.6. The van der Waals surface area contributed by atoms with Crippen LogP contribution in [-0.2, 0) is 10.1 Å². The van der Waals surface area contributed by atoms with Gasteiger partial charge in [-0.3, -0.25) is 4.55 Å². The van der Waals surface area contributed by atoms with Crippen LogP contribution < -0.4 is 5.32 Å². The van der Waals surface area contributed by atoms with E-state index in [9.17, 15) is 23.7 Å². The van der Waals surface area contributed by atoms with E-state index in [-0.39, 0.29) is 36.0 Å². The number of phenolic OH excluding ortho intramolecular Hbond substituents is 2. The summed E-state index contributed by atoms with van der Waals surface area (Å²) >= 11 is 0. The number of benzene rings is 1. The van der Waals surface area contributed by atoms with Crippen molar-refractivity contribution in [3.8, 4) is 11.5 Å². The molecule has 0 aromatic heterocycles. The standard InChI is InChI=1S/C13H21NO3.CH4O3S.ClH/c1-4-10(14-8(2)3)13(17)9-5-6-11(15)12(16)7-9;1-5(2,3)4;/h5-8,10,13-17H,4H2,1-3H3;1H3,(H,2,3,4);1H. The second kappa shape index (κ2) is 10.7. The van der Waals surface area contributed by atoms with Gasteiger partial charge in [-0.25, -0.2) is 0 Å². The average molecular weight is 372 g/mol. The molecule has 1 aromatic rings. The number of aliphatic hydroxyl groups excluding tert-OH is 1. The van der Waals surface area contributed by atoms with Gasteiger partial charge in [0.2, 0.25) is 0 Å². The van der Waals surface area contributed by atoms with Gasteiger partial charge in [0.05, 0.1) is 12.4 Å². The summed E-state index contributed by atoms with van der Waals surface area (Å²) in [4.78, 5) is 0. The van der Waals surface area contributed by atoms with E-state index in [4.69, 9.17) is 4.55 Å². The maximum atomic E-state index is 10.2. The third kappa shape index (κ3) is 11.2. The molecule has 0 aliphatic heterocycles. The molecule has 0 bridgehead atoms. The molecule has 0 fully saturated rings. The van der Waals surface area contributed by atoms with Gasteiger partial charge in [-0.05, 0) is 24.1 Å². The fraction of sp³-hybridized carbons (Fsp3) is 0.571. The molecule has 2 unspecified atom stereocenters. The summed E-state index contributed by atoms with van der Waals surface area (Å²) in [5, 5.41) is 32.1. The molecule has 7 nitrogen and oxygen atoms in total. The predicted molar refractivity (Wildman–Crippen MR) is 91.8 cm³/mol. The lowest BCUT2D eigenvalue weighted by atomic mass is 9.99. The first-order valence-corrected chi connectivity index (χ1v) is 8.69. The maximum Gasteiger partial charge on any atom is 0.261 e. The third-order valence-electron chi connectivity index (χ3n) is 2.71. The normalized spacial score (nSPS) is 13.5. The number of halogens is 1. The van der Waals surface area contributed by atoms with Gasteiger partial charge in [-0.1, -0.05) is 26.8 Å². The Labute approximate surface area is 143 Å². The van der Waals surface area contributed by atoms with Crippen LogP contribution in [0.3, 0.4) is 0 Å². The van der Waals surface area contributed by atoms with Crippen LogP contribution in [0.4, 0.5) is 0 Å². The van der Waals surface area contributed by atoms with Crippen molar-refractivity contribution in [2.45, 2.75) is 45.4 Å². The smallest absolute Gasteiger partial charge is 0.261 e. The number of hydrogen-bond acceptors (Lipinski definition) is 6. The number of nitrogens with one attached hydrogen (secondary N) is 1. The van der Waals surface area contributed by atoms with Crippen molar-refractivity contribution in [1.29, 1.82) is 0 Å². The van der Waals surface area contributed by atoms with Crippen LogP contribution >= 0.6 is 12.4 Å². The van der Waals surface area contributed by atoms with Crippen molar-refractivity contribution in [3.63, 3.8) is 0 Å². The Balaban J connectivity index is 0. The van der Waals surface area contributed by atoms with E-state index in [0.29, 0.717) is 11.8 Å². The minimum atomic E-state index is -3.67. The molecule has 9 heteroatoms. The molecule has 0 saturated heterocycles. The summed E-state index contributed by atoms with van der Waals surface area (Å²) in [7, 11) is -3.67. The third-order valence-corrected chi connectivity index (χ3v) is 2.71. The van der Waals surface area contributed by atoms with E-state index >= 15 is 0 Å². The summed E-state index contributed by atoms with van der Waals surface area (Å²) in [5.41, 5.74) is 0.598. The van der Waals surface area contributed by atoms with Crippen LogP contribution in [0.5, 0.6) is 11.5 Å². The molecular weight excluding hydrogens is 346 g/mol. The lowest BCUT2D eigenvalue weighted by Gasteiger charge is -2.25. The minimum Gasteiger partial charge on any atom is -0.504 e. The predicted octanol–water partition coefficient (Wildman–Crippen LogP) is 1.83. The summed E-state index contributed by atoms with van der Waals surface area (Å²) in [6.45, 7) is 6.02. The molecule has 2 atom stereocenters. The van der Waals surface area contributed by atoms with Crippen molar-refractivity contribution in [1.82, 2.24) is 5.32 Å². The first-order valence-electron chi connectivity index (χ1n) is 6.84. The van der Waals surface area contributed by atoms with Gasteiger partial charge in [0, 0.05) is 12.1 Å². The quantitative estimate of drug-likeness (QED) is 0.394. The lowest BCUT2D eigenvalue weighted by Crippen LogP contribution is -2.38. The highest BCUT2D eigenvalue weighted by atomic mass is 35.5. The fourth-order valence-corrected chi connectivity index (χ4v) is 1.82. The second-order valence-corrected chi connectivity index (χ2v) is 6.73. The molecule has 5 N–H and O–H groups in total. The van der Waals surface area contributed by atoms with Crippen LogP contribution in [0.15, 0.2) is 18.2 Å². The number of phenols is 2. The fourth-order valence-electron chi connectivity index (χ4n) is 1.82. The zero-order chi connectivity index (χ0) is 17.5. The molecule has 0 heterocycles. The average Bonchev–Trinajstić information content (AvgIpc) is 2.36. The number of hydrogen-bond donors (Lipinski definition) is 5. The van der Waals surface area contributed by atoms with E-state index < -0.39 is 16.2 Å². The summed E-state index contributed by atoms with van der Waals surface area (Å²) in [6.07, 6.45) is 0.794. The highest BCUT2D eigenvalue weighted by Crippen LogP contribution is 2.29. The van der Waals surface area contributed by atoms with Crippen LogP contribution in [-0.4, -0.2) is 46.6 Å². The van der Waals surface area contributed by atoms with Gasteiger partial charge in [-0.2, -0.15) is 8.42 Å². The highest BCUT2D eigenvalue weighted by Gasteiger charge is 2.20. The van der Waals surface area contributed by atoms with Crippen molar-refractivity contribution in [2.75, 3.05) is 6.26 Å². The van der Waals surface area contributed by atoms with Crippen molar-refractivity contribution in [3.05, 3.63) is 23.8 Å². The van der Waals surface area contributed by atoms with Crippen LogP contribution in [0.2, 0.25) is 0 Å². The molecule has 0 radical (unpaired) electrons. The molecule has 0 amide bonds. The number of aliphatic hydroxyl groups is 1. The van der Waals surface area contributed by atoms with E-state index in [1.54, 1.807) is 6.07 Å². The van der Waals surface area contributed by atoms with Gasteiger partial charge in [0.1, 0.15) is 0 Å². The van der Waals surface area contributed by atoms with Crippen molar-refractivity contribution in [2.24, 2.45) is 0 Å². The Morgan fingerprint density at radius 3 is 2.00 bits per heavy atom. The van der Waals surface area contributed by atoms with Gasteiger partial charge < -0.3 is 20.6 Å².